The number of piperazine rings is 1. The Morgan fingerprint density at radius 2 is 2.10 bits per heavy atom. The van der Waals surface area contributed by atoms with Gasteiger partial charge in [-0.15, -0.1) is 0 Å². The van der Waals surface area contributed by atoms with Crippen molar-refractivity contribution in [1.82, 2.24) is 19.8 Å². The van der Waals surface area contributed by atoms with E-state index in [9.17, 15) is 4.79 Å². The Bertz CT molecular complexity index is 686. The minimum absolute atomic E-state index is 0.152. The molecule has 1 aliphatic heterocycles. The summed E-state index contributed by atoms with van der Waals surface area (Å²) in [6, 6.07) is 8.36. The number of imidazole rings is 1. The van der Waals surface area contributed by atoms with Crippen molar-refractivity contribution >= 4 is 16.8 Å². The minimum atomic E-state index is -0.152. The van der Waals surface area contributed by atoms with Crippen molar-refractivity contribution in [2.24, 2.45) is 0 Å². The summed E-state index contributed by atoms with van der Waals surface area (Å²) in [6.45, 7) is 3.75. The fraction of sp³-hybridized carbons (Fsp3) is 0.333. The van der Waals surface area contributed by atoms with Crippen molar-refractivity contribution in [3.8, 4) is 12.0 Å². The largest absolute Gasteiger partial charge is 0.345 e. The van der Waals surface area contributed by atoms with Crippen LogP contribution in [0.15, 0.2) is 24.5 Å². The molecule has 0 atom stereocenters. The Balaban J connectivity index is 1.72. The SMILES string of the molecule is CN1CCN(C#CC(=O)c2ccc3nc[nH]c3c2)CC1. The van der Waals surface area contributed by atoms with Crippen molar-refractivity contribution in [2.75, 3.05) is 33.2 Å². The Morgan fingerprint density at radius 3 is 2.90 bits per heavy atom. The van der Waals surface area contributed by atoms with Crippen LogP contribution in [0.5, 0.6) is 0 Å². The van der Waals surface area contributed by atoms with E-state index in [0.717, 1.165) is 37.2 Å². The maximum atomic E-state index is 12.1. The van der Waals surface area contributed by atoms with Gasteiger partial charge in [-0.25, -0.2) is 4.98 Å². The van der Waals surface area contributed by atoms with Crippen LogP contribution < -0.4 is 0 Å². The van der Waals surface area contributed by atoms with Gasteiger partial charge in [0, 0.05) is 37.8 Å². The first-order valence-corrected chi connectivity index (χ1v) is 6.65. The highest BCUT2D eigenvalue weighted by atomic mass is 16.1. The molecule has 1 saturated heterocycles. The normalized spacial score (nSPS) is 15.9. The zero-order valence-corrected chi connectivity index (χ0v) is 11.4. The van der Waals surface area contributed by atoms with Gasteiger partial charge in [0.25, 0.3) is 0 Å². The van der Waals surface area contributed by atoms with E-state index in [4.69, 9.17) is 0 Å². The lowest BCUT2D eigenvalue weighted by atomic mass is 10.1. The number of likely N-dealkylation sites (N-methyl/N-ethyl adjacent to an activating group) is 1. The van der Waals surface area contributed by atoms with E-state index in [0.29, 0.717) is 5.56 Å². The van der Waals surface area contributed by atoms with Crippen molar-refractivity contribution in [2.45, 2.75) is 0 Å². The second kappa shape index (κ2) is 5.35. The van der Waals surface area contributed by atoms with E-state index >= 15 is 0 Å². The fourth-order valence-electron chi connectivity index (χ4n) is 2.20. The third-order valence-corrected chi connectivity index (χ3v) is 3.51. The lowest BCUT2D eigenvalue weighted by Crippen LogP contribution is -2.42. The van der Waals surface area contributed by atoms with Crippen LogP contribution >= 0.6 is 0 Å². The first-order chi connectivity index (χ1) is 9.72. The molecule has 0 unspecified atom stereocenters. The molecule has 2 heterocycles. The summed E-state index contributed by atoms with van der Waals surface area (Å²) < 4.78 is 0. The molecule has 5 nitrogen and oxygen atoms in total. The van der Waals surface area contributed by atoms with Gasteiger partial charge in [-0.2, -0.15) is 0 Å². The van der Waals surface area contributed by atoms with E-state index < -0.39 is 0 Å². The van der Waals surface area contributed by atoms with Gasteiger partial charge >= 0.3 is 0 Å². The summed E-state index contributed by atoms with van der Waals surface area (Å²) in [7, 11) is 2.09. The number of hydrogen-bond acceptors (Lipinski definition) is 4. The molecule has 0 spiro atoms. The topological polar surface area (TPSA) is 52.2 Å². The molecule has 102 valence electrons. The van der Waals surface area contributed by atoms with Crippen molar-refractivity contribution in [3.63, 3.8) is 0 Å². The maximum absolute atomic E-state index is 12.1. The van der Waals surface area contributed by atoms with Gasteiger partial charge in [0.1, 0.15) is 0 Å². The lowest BCUT2D eigenvalue weighted by Gasteiger charge is -2.29. The number of aromatic nitrogens is 2. The zero-order chi connectivity index (χ0) is 13.9. The van der Waals surface area contributed by atoms with Crippen LogP contribution in [0.4, 0.5) is 0 Å². The second-order valence-electron chi connectivity index (χ2n) is 4.99. The number of Topliss-reactive ketones (excluding diaryl/α,β-unsaturated/α-hetero) is 1. The van der Waals surface area contributed by atoms with E-state index in [1.54, 1.807) is 18.5 Å². The Kier molecular flexibility index (Phi) is 3.40. The molecule has 1 aromatic carbocycles. The lowest BCUT2D eigenvalue weighted by molar-refractivity contribution is 0.105. The molecule has 0 bridgehead atoms. The highest BCUT2D eigenvalue weighted by molar-refractivity contribution is 6.10. The number of H-pyrrole nitrogens is 1. The third kappa shape index (κ3) is 2.65. The molecule has 1 aliphatic rings. The van der Waals surface area contributed by atoms with Gasteiger partial charge in [-0.05, 0) is 31.2 Å². The van der Waals surface area contributed by atoms with Gasteiger partial charge in [0.2, 0.25) is 5.78 Å². The maximum Gasteiger partial charge on any atom is 0.237 e. The molecule has 0 amide bonds. The molecule has 1 fully saturated rings. The number of nitrogens with zero attached hydrogens (tertiary/aromatic N) is 3. The number of hydrogen-bond donors (Lipinski definition) is 1. The fourth-order valence-corrected chi connectivity index (χ4v) is 2.20. The Morgan fingerprint density at radius 1 is 1.30 bits per heavy atom. The van der Waals surface area contributed by atoms with E-state index in [-0.39, 0.29) is 5.78 Å². The Labute approximate surface area is 117 Å². The average Bonchev–Trinajstić information content (AvgIpc) is 2.93. The van der Waals surface area contributed by atoms with Gasteiger partial charge in [-0.1, -0.05) is 0 Å². The molecule has 20 heavy (non-hydrogen) atoms. The van der Waals surface area contributed by atoms with Crippen LogP contribution in [-0.2, 0) is 0 Å². The average molecular weight is 268 g/mol. The number of fused-ring (bicyclic) bond motifs is 1. The monoisotopic (exact) mass is 268 g/mol. The third-order valence-electron chi connectivity index (χ3n) is 3.51. The minimum Gasteiger partial charge on any atom is -0.345 e. The number of rotatable bonds is 1. The summed E-state index contributed by atoms with van der Waals surface area (Å²) in [4.78, 5) is 23.5. The quantitative estimate of drug-likeness (QED) is 0.618. The smallest absolute Gasteiger partial charge is 0.237 e. The number of ketones is 1. The van der Waals surface area contributed by atoms with Gasteiger partial charge in [0.15, 0.2) is 0 Å². The highest BCUT2D eigenvalue weighted by Gasteiger charge is 2.11. The summed E-state index contributed by atoms with van der Waals surface area (Å²) in [6.07, 6.45) is 1.62. The van der Waals surface area contributed by atoms with Crippen LogP contribution in [0.2, 0.25) is 0 Å². The first-order valence-electron chi connectivity index (χ1n) is 6.65. The number of benzene rings is 1. The van der Waals surface area contributed by atoms with Gasteiger partial charge in [-0.3, -0.25) is 4.79 Å². The van der Waals surface area contributed by atoms with E-state index in [2.05, 4.69) is 33.9 Å². The van der Waals surface area contributed by atoms with Crippen LogP contribution in [0.25, 0.3) is 11.0 Å². The van der Waals surface area contributed by atoms with Gasteiger partial charge < -0.3 is 14.8 Å². The van der Waals surface area contributed by atoms with Gasteiger partial charge in [0.05, 0.1) is 17.4 Å². The summed E-state index contributed by atoms with van der Waals surface area (Å²) in [5.74, 6) is 2.57. The molecular formula is C15H16N4O. The van der Waals surface area contributed by atoms with Crippen molar-refractivity contribution < 1.29 is 4.79 Å². The molecule has 0 saturated carbocycles. The highest BCUT2D eigenvalue weighted by Crippen LogP contribution is 2.11. The standard InChI is InChI=1S/C15H16N4O/c1-18-6-8-19(9-7-18)5-4-15(20)12-2-3-13-14(10-12)17-11-16-13/h2-3,10-11H,6-9H2,1H3,(H,16,17). The predicted molar refractivity (Wildman–Crippen MR) is 77.3 cm³/mol. The summed E-state index contributed by atoms with van der Waals surface area (Å²) in [5.41, 5.74) is 2.31. The zero-order valence-electron chi connectivity index (χ0n) is 11.4. The molecule has 1 aromatic heterocycles. The number of carbonyl (C=O) groups excluding carboxylic acids is 1. The van der Waals surface area contributed by atoms with Crippen molar-refractivity contribution in [3.05, 3.63) is 30.1 Å². The summed E-state index contributed by atoms with van der Waals surface area (Å²) in [5, 5.41) is 0. The molecule has 0 aliphatic carbocycles. The van der Waals surface area contributed by atoms with Crippen LogP contribution in [0.3, 0.4) is 0 Å². The summed E-state index contributed by atoms with van der Waals surface area (Å²) >= 11 is 0. The van der Waals surface area contributed by atoms with E-state index in [1.807, 2.05) is 11.0 Å². The molecule has 3 rings (SSSR count). The van der Waals surface area contributed by atoms with E-state index in [1.165, 1.54) is 0 Å². The molecule has 0 radical (unpaired) electrons. The predicted octanol–water partition coefficient (Wildman–Crippen LogP) is 0.954. The van der Waals surface area contributed by atoms with Crippen LogP contribution in [-0.4, -0.2) is 58.8 Å². The number of aromatic amines is 1. The molecule has 5 heteroatoms. The van der Waals surface area contributed by atoms with Crippen LogP contribution in [0, 0.1) is 12.0 Å². The van der Waals surface area contributed by atoms with Crippen molar-refractivity contribution in [1.29, 1.82) is 0 Å². The van der Waals surface area contributed by atoms with Crippen LogP contribution in [0.1, 0.15) is 10.4 Å². The molecule has 2 aromatic rings. The number of carbonyl (C=O) groups is 1. The molecular weight excluding hydrogens is 252 g/mol. The second-order valence-corrected chi connectivity index (χ2v) is 4.99. The molecule has 1 N–H and O–H groups in total. The number of nitrogens with one attached hydrogen (secondary N) is 1. The Hall–Kier alpha value is -2.32. The first kappa shape index (κ1) is 12.7.